The zero-order valence-corrected chi connectivity index (χ0v) is 11.7. The van der Waals surface area contributed by atoms with Crippen LogP contribution in [0.2, 0.25) is 0 Å². The first-order valence-electron chi connectivity index (χ1n) is 6.90. The number of carbonyl (C=O) groups is 1. The Morgan fingerprint density at radius 2 is 2.30 bits per heavy atom. The van der Waals surface area contributed by atoms with Crippen molar-refractivity contribution in [3.63, 3.8) is 0 Å². The lowest BCUT2D eigenvalue weighted by Crippen LogP contribution is -2.12. The smallest absolute Gasteiger partial charge is 0.341 e. The summed E-state index contributed by atoms with van der Waals surface area (Å²) < 4.78 is 8.60. The Morgan fingerprint density at radius 1 is 1.50 bits per heavy atom. The number of esters is 1. The molecule has 2 aromatic heterocycles. The van der Waals surface area contributed by atoms with Crippen LogP contribution in [0.4, 0.5) is 0 Å². The van der Waals surface area contributed by atoms with Crippen LogP contribution in [0.5, 0.6) is 0 Å². The molecule has 0 unspecified atom stereocenters. The number of rotatable bonds is 5. The fraction of sp³-hybridized carbons (Fsp3) is 0.500. The Morgan fingerprint density at radius 3 is 3.00 bits per heavy atom. The summed E-state index contributed by atoms with van der Waals surface area (Å²) in [6.45, 7) is 2.68. The fourth-order valence-electron chi connectivity index (χ4n) is 2.25. The minimum absolute atomic E-state index is 0.329. The van der Waals surface area contributed by atoms with E-state index in [1.807, 2.05) is 17.9 Å². The van der Waals surface area contributed by atoms with Crippen LogP contribution in [0.25, 0.3) is 0 Å². The Balaban J connectivity index is 1.81. The van der Waals surface area contributed by atoms with Crippen molar-refractivity contribution in [1.29, 1.82) is 0 Å². The van der Waals surface area contributed by atoms with Gasteiger partial charge >= 0.3 is 5.97 Å². The highest BCUT2D eigenvalue weighted by atomic mass is 16.5. The largest absolute Gasteiger partial charge is 0.462 e. The molecule has 0 aliphatic heterocycles. The Bertz CT molecular complexity index is 625. The highest BCUT2D eigenvalue weighted by Gasteiger charge is 2.26. The van der Waals surface area contributed by atoms with E-state index in [1.54, 1.807) is 17.8 Å². The van der Waals surface area contributed by atoms with Gasteiger partial charge in [-0.15, -0.1) is 0 Å². The van der Waals surface area contributed by atoms with Crippen molar-refractivity contribution in [2.24, 2.45) is 7.05 Å². The monoisotopic (exact) mass is 274 g/mol. The van der Waals surface area contributed by atoms with Gasteiger partial charge in [0.05, 0.1) is 30.7 Å². The van der Waals surface area contributed by atoms with E-state index in [0.29, 0.717) is 24.6 Å². The van der Waals surface area contributed by atoms with E-state index >= 15 is 0 Å². The molecule has 0 amide bonds. The van der Waals surface area contributed by atoms with E-state index in [0.717, 1.165) is 11.4 Å². The third-order valence-corrected chi connectivity index (χ3v) is 3.53. The van der Waals surface area contributed by atoms with Gasteiger partial charge in [0.25, 0.3) is 0 Å². The predicted molar refractivity (Wildman–Crippen MR) is 72.5 cm³/mol. The summed E-state index contributed by atoms with van der Waals surface area (Å²) >= 11 is 0. The molecule has 6 nitrogen and oxygen atoms in total. The lowest BCUT2D eigenvalue weighted by molar-refractivity contribution is 0.0524. The SMILES string of the molecule is CCOC(=O)c1cnn(C)c1Cn1ccc(C2CC2)n1. The van der Waals surface area contributed by atoms with E-state index < -0.39 is 0 Å². The normalized spacial score (nSPS) is 14.5. The summed E-state index contributed by atoms with van der Waals surface area (Å²) in [5.74, 6) is 0.303. The van der Waals surface area contributed by atoms with Crippen LogP contribution >= 0.6 is 0 Å². The van der Waals surface area contributed by atoms with Gasteiger partial charge in [0, 0.05) is 19.2 Å². The summed E-state index contributed by atoms with van der Waals surface area (Å²) in [5.41, 5.74) is 2.47. The molecular weight excluding hydrogens is 256 g/mol. The summed E-state index contributed by atoms with van der Waals surface area (Å²) in [6, 6.07) is 2.05. The quantitative estimate of drug-likeness (QED) is 0.779. The van der Waals surface area contributed by atoms with Crippen molar-refractivity contribution < 1.29 is 9.53 Å². The first-order chi connectivity index (χ1) is 9.69. The number of aryl methyl sites for hydroxylation is 1. The Hall–Kier alpha value is -2.11. The summed E-state index contributed by atoms with van der Waals surface area (Å²) in [6.07, 6.45) is 5.97. The van der Waals surface area contributed by atoms with Gasteiger partial charge in [0.1, 0.15) is 5.56 Å². The van der Waals surface area contributed by atoms with Gasteiger partial charge in [-0.05, 0) is 25.8 Å². The molecular formula is C14H18N4O2. The third kappa shape index (κ3) is 2.45. The molecule has 1 aliphatic rings. The van der Waals surface area contributed by atoms with E-state index in [2.05, 4.69) is 16.3 Å². The summed E-state index contributed by atoms with van der Waals surface area (Å²) in [4.78, 5) is 11.9. The molecule has 2 heterocycles. The maximum atomic E-state index is 11.9. The van der Waals surface area contributed by atoms with Crippen LogP contribution in [-0.4, -0.2) is 32.1 Å². The van der Waals surface area contributed by atoms with Crippen LogP contribution in [0.15, 0.2) is 18.5 Å². The lowest BCUT2D eigenvalue weighted by Gasteiger charge is -2.06. The molecule has 1 fully saturated rings. The molecule has 20 heavy (non-hydrogen) atoms. The molecule has 0 atom stereocenters. The van der Waals surface area contributed by atoms with Gasteiger partial charge in [-0.25, -0.2) is 4.79 Å². The van der Waals surface area contributed by atoms with E-state index in [4.69, 9.17) is 4.74 Å². The fourth-order valence-corrected chi connectivity index (χ4v) is 2.25. The van der Waals surface area contributed by atoms with Crippen molar-refractivity contribution in [3.05, 3.63) is 35.4 Å². The number of nitrogens with zero attached hydrogens (tertiary/aromatic N) is 4. The van der Waals surface area contributed by atoms with Gasteiger partial charge in [-0.2, -0.15) is 10.2 Å². The van der Waals surface area contributed by atoms with Gasteiger partial charge in [0.15, 0.2) is 0 Å². The van der Waals surface area contributed by atoms with Gasteiger partial charge in [-0.3, -0.25) is 9.36 Å². The molecule has 6 heteroatoms. The average molecular weight is 274 g/mol. The van der Waals surface area contributed by atoms with Crippen LogP contribution in [0, 0.1) is 0 Å². The van der Waals surface area contributed by atoms with Crippen molar-refractivity contribution in [3.8, 4) is 0 Å². The lowest BCUT2D eigenvalue weighted by atomic mass is 10.2. The van der Waals surface area contributed by atoms with Crippen molar-refractivity contribution >= 4 is 5.97 Å². The molecule has 2 aromatic rings. The standard InChI is InChI=1S/C14H18N4O2/c1-3-20-14(19)11-8-15-17(2)13(11)9-18-7-6-12(16-18)10-4-5-10/h6-8,10H,3-5,9H2,1-2H3. The van der Waals surface area contributed by atoms with E-state index in [1.165, 1.54) is 12.8 Å². The maximum absolute atomic E-state index is 11.9. The summed E-state index contributed by atoms with van der Waals surface area (Å²) in [7, 11) is 1.82. The van der Waals surface area contributed by atoms with Gasteiger partial charge < -0.3 is 4.74 Å². The second kappa shape index (κ2) is 5.11. The van der Waals surface area contributed by atoms with Crippen LogP contribution in [-0.2, 0) is 18.3 Å². The predicted octanol–water partition coefficient (Wildman–Crippen LogP) is 1.72. The molecule has 106 valence electrons. The molecule has 1 aliphatic carbocycles. The number of aromatic nitrogens is 4. The van der Waals surface area contributed by atoms with Crippen LogP contribution in [0.1, 0.15) is 47.4 Å². The molecule has 0 aromatic carbocycles. The second-order valence-electron chi connectivity index (χ2n) is 5.06. The highest BCUT2D eigenvalue weighted by Crippen LogP contribution is 2.38. The van der Waals surface area contributed by atoms with E-state index in [9.17, 15) is 4.79 Å². The van der Waals surface area contributed by atoms with Crippen molar-refractivity contribution in [2.45, 2.75) is 32.2 Å². The van der Waals surface area contributed by atoms with Crippen molar-refractivity contribution in [1.82, 2.24) is 19.6 Å². The minimum atomic E-state index is -0.329. The molecule has 3 rings (SSSR count). The topological polar surface area (TPSA) is 61.9 Å². The maximum Gasteiger partial charge on any atom is 0.341 e. The van der Waals surface area contributed by atoms with Crippen LogP contribution < -0.4 is 0 Å². The highest BCUT2D eigenvalue weighted by molar-refractivity contribution is 5.90. The zero-order chi connectivity index (χ0) is 14.1. The molecule has 0 N–H and O–H groups in total. The van der Waals surface area contributed by atoms with Crippen LogP contribution in [0.3, 0.4) is 0 Å². The zero-order valence-electron chi connectivity index (χ0n) is 11.7. The summed E-state index contributed by atoms with van der Waals surface area (Å²) in [5, 5.41) is 8.70. The Kier molecular flexibility index (Phi) is 3.30. The molecule has 0 radical (unpaired) electrons. The van der Waals surface area contributed by atoms with Gasteiger partial charge in [-0.1, -0.05) is 0 Å². The second-order valence-corrected chi connectivity index (χ2v) is 5.06. The Labute approximate surface area is 117 Å². The first kappa shape index (κ1) is 12.9. The molecule has 0 saturated heterocycles. The molecule has 0 spiro atoms. The third-order valence-electron chi connectivity index (χ3n) is 3.53. The molecule has 0 bridgehead atoms. The number of hydrogen-bond acceptors (Lipinski definition) is 4. The van der Waals surface area contributed by atoms with Gasteiger partial charge in [0.2, 0.25) is 0 Å². The van der Waals surface area contributed by atoms with Crippen molar-refractivity contribution in [2.75, 3.05) is 6.61 Å². The average Bonchev–Trinajstić information content (AvgIpc) is 3.07. The number of hydrogen-bond donors (Lipinski definition) is 0. The number of carbonyl (C=O) groups excluding carboxylic acids is 1. The number of ether oxygens (including phenoxy) is 1. The first-order valence-corrected chi connectivity index (χ1v) is 6.90. The molecule has 1 saturated carbocycles. The van der Waals surface area contributed by atoms with E-state index in [-0.39, 0.29) is 5.97 Å². The minimum Gasteiger partial charge on any atom is -0.462 e.